The lowest BCUT2D eigenvalue weighted by Crippen LogP contribution is -2.07. The molecule has 1 nitrogen and oxygen atoms in total. The number of aliphatic hydroxyl groups excluding tert-OH is 1. The van der Waals surface area contributed by atoms with Gasteiger partial charge in [-0.2, -0.15) is 11.3 Å². The molecule has 1 aromatic rings. The van der Waals surface area contributed by atoms with Gasteiger partial charge in [-0.1, -0.05) is 19.8 Å². The fourth-order valence-corrected chi connectivity index (χ4v) is 2.06. The van der Waals surface area contributed by atoms with E-state index in [1.807, 2.05) is 0 Å². The first kappa shape index (κ1) is 10.7. The maximum absolute atomic E-state index is 9.58. The van der Waals surface area contributed by atoms with Gasteiger partial charge in [0.2, 0.25) is 0 Å². The topological polar surface area (TPSA) is 20.2 Å². The Hall–Kier alpha value is -0.340. The van der Waals surface area contributed by atoms with E-state index < -0.39 is 0 Å². The molecule has 0 aliphatic rings. The first-order valence-corrected chi connectivity index (χ1v) is 5.96. The summed E-state index contributed by atoms with van der Waals surface area (Å²) in [6, 6.07) is 2.14. The number of hydrogen-bond acceptors (Lipinski definition) is 2. The number of rotatable bonds is 6. The summed E-state index contributed by atoms with van der Waals surface area (Å²) in [7, 11) is 0. The van der Waals surface area contributed by atoms with Crippen LogP contribution in [0.4, 0.5) is 0 Å². The van der Waals surface area contributed by atoms with Crippen molar-refractivity contribution in [1.82, 2.24) is 0 Å². The molecular formula is C11H18OS. The zero-order chi connectivity index (χ0) is 9.52. The van der Waals surface area contributed by atoms with E-state index in [1.54, 1.807) is 11.3 Å². The fourth-order valence-electron chi connectivity index (χ4n) is 1.35. The Kier molecular flexibility index (Phi) is 5.09. The summed E-state index contributed by atoms with van der Waals surface area (Å²) in [6.45, 7) is 2.16. The molecule has 0 saturated carbocycles. The second-order valence-corrected chi connectivity index (χ2v) is 4.25. The molecular weight excluding hydrogens is 180 g/mol. The minimum absolute atomic E-state index is 0.0974. The third-order valence-electron chi connectivity index (χ3n) is 2.24. The van der Waals surface area contributed by atoms with Gasteiger partial charge in [-0.15, -0.1) is 0 Å². The molecule has 0 aliphatic heterocycles. The third kappa shape index (κ3) is 4.44. The van der Waals surface area contributed by atoms with Crippen molar-refractivity contribution in [2.24, 2.45) is 0 Å². The predicted molar refractivity (Wildman–Crippen MR) is 58.2 cm³/mol. The van der Waals surface area contributed by atoms with Crippen molar-refractivity contribution in [2.75, 3.05) is 0 Å². The Morgan fingerprint density at radius 3 is 2.92 bits per heavy atom. The van der Waals surface area contributed by atoms with Gasteiger partial charge in [0.25, 0.3) is 0 Å². The normalized spacial score (nSPS) is 13.1. The van der Waals surface area contributed by atoms with Crippen LogP contribution in [0.5, 0.6) is 0 Å². The van der Waals surface area contributed by atoms with E-state index >= 15 is 0 Å². The van der Waals surface area contributed by atoms with Gasteiger partial charge in [0.05, 0.1) is 6.10 Å². The lowest BCUT2D eigenvalue weighted by Gasteiger charge is -2.08. The fraction of sp³-hybridized carbons (Fsp3) is 0.636. The van der Waals surface area contributed by atoms with Gasteiger partial charge in [-0.05, 0) is 41.7 Å². The zero-order valence-electron chi connectivity index (χ0n) is 8.20. The monoisotopic (exact) mass is 198 g/mol. The molecule has 0 saturated heterocycles. The molecule has 0 fully saturated rings. The highest BCUT2D eigenvalue weighted by Gasteiger charge is 2.03. The first-order chi connectivity index (χ1) is 6.33. The lowest BCUT2D eigenvalue weighted by molar-refractivity contribution is 0.152. The van der Waals surface area contributed by atoms with Crippen LogP contribution >= 0.6 is 11.3 Å². The maximum atomic E-state index is 9.58. The molecule has 1 unspecified atom stereocenters. The minimum Gasteiger partial charge on any atom is -0.393 e. The van der Waals surface area contributed by atoms with Crippen molar-refractivity contribution in [2.45, 2.75) is 45.1 Å². The summed E-state index contributed by atoms with van der Waals surface area (Å²) in [6.07, 6.45) is 5.12. The number of aliphatic hydroxyl groups is 1. The van der Waals surface area contributed by atoms with Crippen LogP contribution in [0.1, 0.15) is 38.2 Å². The van der Waals surface area contributed by atoms with Gasteiger partial charge in [0.15, 0.2) is 0 Å². The average Bonchev–Trinajstić information content (AvgIpc) is 2.64. The molecule has 0 spiro atoms. The zero-order valence-corrected chi connectivity index (χ0v) is 9.02. The van der Waals surface area contributed by atoms with Crippen molar-refractivity contribution in [3.8, 4) is 0 Å². The van der Waals surface area contributed by atoms with Crippen molar-refractivity contribution in [3.63, 3.8) is 0 Å². The lowest BCUT2D eigenvalue weighted by atomic mass is 10.1. The predicted octanol–water partition coefficient (Wildman–Crippen LogP) is 3.23. The van der Waals surface area contributed by atoms with E-state index in [0.29, 0.717) is 0 Å². The average molecular weight is 198 g/mol. The highest BCUT2D eigenvalue weighted by molar-refractivity contribution is 7.07. The summed E-state index contributed by atoms with van der Waals surface area (Å²) in [5, 5.41) is 13.8. The maximum Gasteiger partial charge on any atom is 0.0543 e. The Morgan fingerprint density at radius 1 is 1.46 bits per heavy atom. The van der Waals surface area contributed by atoms with Gasteiger partial charge in [0.1, 0.15) is 0 Å². The molecule has 1 aromatic heterocycles. The van der Waals surface area contributed by atoms with E-state index in [0.717, 1.165) is 25.7 Å². The van der Waals surface area contributed by atoms with Crippen LogP contribution in [0.3, 0.4) is 0 Å². The Balaban J connectivity index is 2.11. The molecule has 74 valence electrons. The molecule has 13 heavy (non-hydrogen) atoms. The van der Waals surface area contributed by atoms with Gasteiger partial charge in [-0.25, -0.2) is 0 Å². The number of aryl methyl sites for hydroxylation is 1. The number of thiophene rings is 1. The van der Waals surface area contributed by atoms with E-state index in [4.69, 9.17) is 0 Å². The SMILES string of the molecule is CCCCC(O)CCc1ccsc1. The Bertz CT molecular complexity index is 206. The van der Waals surface area contributed by atoms with Crippen LogP contribution in [0.2, 0.25) is 0 Å². The van der Waals surface area contributed by atoms with Crippen LogP contribution in [0, 0.1) is 0 Å². The first-order valence-electron chi connectivity index (χ1n) is 5.02. The van der Waals surface area contributed by atoms with Crippen LogP contribution in [-0.4, -0.2) is 11.2 Å². The minimum atomic E-state index is -0.0974. The molecule has 1 rings (SSSR count). The van der Waals surface area contributed by atoms with E-state index in [2.05, 4.69) is 23.8 Å². The quantitative estimate of drug-likeness (QED) is 0.744. The van der Waals surface area contributed by atoms with Crippen LogP contribution in [0.25, 0.3) is 0 Å². The van der Waals surface area contributed by atoms with Gasteiger partial charge < -0.3 is 5.11 Å². The van der Waals surface area contributed by atoms with Crippen LogP contribution < -0.4 is 0 Å². The summed E-state index contributed by atoms with van der Waals surface area (Å²) in [4.78, 5) is 0. The molecule has 2 heteroatoms. The van der Waals surface area contributed by atoms with E-state index in [-0.39, 0.29) is 6.10 Å². The molecule has 0 aromatic carbocycles. The van der Waals surface area contributed by atoms with Crippen molar-refractivity contribution in [3.05, 3.63) is 22.4 Å². The van der Waals surface area contributed by atoms with Gasteiger partial charge in [0, 0.05) is 0 Å². The molecule has 0 aliphatic carbocycles. The van der Waals surface area contributed by atoms with Gasteiger partial charge in [-0.3, -0.25) is 0 Å². The summed E-state index contributed by atoms with van der Waals surface area (Å²) in [5.41, 5.74) is 1.36. The summed E-state index contributed by atoms with van der Waals surface area (Å²) >= 11 is 1.73. The Labute approximate surface area is 84.4 Å². The van der Waals surface area contributed by atoms with E-state index in [9.17, 15) is 5.11 Å². The third-order valence-corrected chi connectivity index (χ3v) is 2.97. The van der Waals surface area contributed by atoms with Crippen molar-refractivity contribution >= 4 is 11.3 Å². The highest BCUT2D eigenvalue weighted by atomic mass is 32.1. The standard InChI is InChI=1S/C11H18OS/c1-2-3-4-11(12)6-5-10-7-8-13-9-10/h7-9,11-12H,2-6H2,1H3. The molecule has 1 atom stereocenters. The molecule has 0 bridgehead atoms. The molecule has 0 amide bonds. The largest absolute Gasteiger partial charge is 0.393 e. The smallest absolute Gasteiger partial charge is 0.0543 e. The second-order valence-electron chi connectivity index (χ2n) is 3.47. The van der Waals surface area contributed by atoms with E-state index in [1.165, 1.54) is 12.0 Å². The molecule has 0 radical (unpaired) electrons. The summed E-state index contributed by atoms with van der Waals surface area (Å²) in [5.74, 6) is 0. The molecule has 1 N–H and O–H groups in total. The van der Waals surface area contributed by atoms with Crippen molar-refractivity contribution < 1.29 is 5.11 Å². The Morgan fingerprint density at radius 2 is 2.31 bits per heavy atom. The number of unbranched alkanes of at least 4 members (excludes halogenated alkanes) is 1. The molecule has 1 heterocycles. The van der Waals surface area contributed by atoms with Crippen LogP contribution in [-0.2, 0) is 6.42 Å². The van der Waals surface area contributed by atoms with Gasteiger partial charge >= 0.3 is 0 Å². The summed E-state index contributed by atoms with van der Waals surface area (Å²) < 4.78 is 0. The van der Waals surface area contributed by atoms with Crippen LogP contribution in [0.15, 0.2) is 16.8 Å². The van der Waals surface area contributed by atoms with Crippen molar-refractivity contribution in [1.29, 1.82) is 0 Å². The number of hydrogen-bond donors (Lipinski definition) is 1. The highest BCUT2D eigenvalue weighted by Crippen LogP contribution is 2.12. The second kappa shape index (κ2) is 6.17.